The molecule has 2 aromatic carbocycles. The number of rotatable bonds is 12. The van der Waals surface area contributed by atoms with E-state index in [1.54, 1.807) is 23.2 Å². The zero-order chi connectivity index (χ0) is 46.1. The molecular weight excluding hydrogens is 841 g/mol. The maximum atomic E-state index is 12.6. The average Bonchev–Trinajstić information content (AvgIpc) is 4.01. The summed E-state index contributed by atoms with van der Waals surface area (Å²) >= 11 is 0. The van der Waals surface area contributed by atoms with Gasteiger partial charge in [0.15, 0.2) is 5.82 Å². The van der Waals surface area contributed by atoms with Gasteiger partial charge in [-0.3, -0.25) is 15.0 Å². The van der Waals surface area contributed by atoms with Gasteiger partial charge in [-0.1, -0.05) is 25.1 Å². The predicted octanol–water partition coefficient (Wildman–Crippen LogP) is 7.53. The number of aryl methyl sites for hydroxylation is 1. The molecule has 3 aromatic heterocycles. The Morgan fingerprint density at radius 2 is 1.76 bits per heavy atom. The minimum absolute atomic E-state index is 0.146. The second kappa shape index (κ2) is 19.2. The summed E-state index contributed by atoms with van der Waals surface area (Å²) in [6.45, 7) is 10.2. The number of nitrogen functional groups attached to an aromatic ring is 1. The van der Waals surface area contributed by atoms with Gasteiger partial charge >= 0.3 is 6.03 Å². The number of aromatic hydroxyl groups is 1. The van der Waals surface area contributed by atoms with Crippen molar-refractivity contribution in [2.75, 3.05) is 72.8 Å². The number of nitrogens with two attached hydrogens (primary N) is 1. The molecule has 1 saturated carbocycles. The molecule has 3 amide bonds. The normalized spacial score (nSPS) is 20.7. The Morgan fingerprint density at radius 1 is 0.955 bits per heavy atom. The molecule has 5 aliphatic rings. The van der Waals surface area contributed by atoms with Crippen molar-refractivity contribution >= 4 is 45.9 Å². The first kappa shape index (κ1) is 44.6. The van der Waals surface area contributed by atoms with E-state index in [-0.39, 0.29) is 17.7 Å². The molecule has 1 unspecified atom stereocenters. The van der Waals surface area contributed by atoms with Crippen LogP contribution in [0.2, 0.25) is 0 Å². The van der Waals surface area contributed by atoms with Crippen molar-refractivity contribution in [2.45, 2.75) is 103 Å². The zero-order valence-electron chi connectivity index (χ0n) is 38.8. The third-order valence-electron chi connectivity index (χ3n) is 15.8. The van der Waals surface area contributed by atoms with Crippen molar-refractivity contribution in [1.82, 2.24) is 35.3 Å². The molecule has 1 aliphatic carbocycles. The summed E-state index contributed by atoms with van der Waals surface area (Å²) < 4.78 is 2.41. The summed E-state index contributed by atoms with van der Waals surface area (Å²) in [4.78, 5) is 38.3. The number of carbonyl (C=O) groups excluding carboxylic acids is 2. The number of piperidine rings is 2. The fraction of sp³-hybridized carbons (Fsp3) is 0.500. The summed E-state index contributed by atoms with van der Waals surface area (Å²) in [6, 6.07) is 20.3. The van der Waals surface area contributed by atoms with Gasteiger partial charge in [0.25, 0.3) is 0 Å². The molecule has 5 aromatic rings. The molecule has 5 N–H and O–H groups in total. The van der Waals surface area contributed by atoms with Crippen LogP contribution in [0.4, 0.5) is 27.7 Å². The molecule has 1 spiro atoms. The van der Waals surface area contributed by atoms with E-state index in [0.29, 0.717) is 65.6 Å². The highest BCUT2D eigenvalue weighted by Crippen LogP contribution is 2.49. The Hall–Kier alpha value is -6.24. The number of nitriles is 1. The van der Waals surface area contributed by atoms with E-state index in [9.17, 15) is 20.0 Å². The third kappa shape index (κ3) is 9.38. The molecule has 67 heavy (non-hydrogen) atoms. The lowest BCUT2D eigenvalue weighted by Gasteiger charge is -2.47. The number of hydrogen-bond acceptors (Lipinski definition) is 12. The monoisotopic (exact) mass is 905 g/mol. The minimum Gasteiger partial charge on any atom is -0.507 e. The molecule has 1 atom stereocenters. The van der Waals surface area contributed by atoms with Crippen molar-refractivity contribution in [1.29, 1.82) is 5.26 Å². The van der Waals surface area contributed by atoms with Crippen molar-refractivity contribution in [3.63, 3.8) is 0 Å². The fourth-order valence-corrected chi connectivity index (χ4v) is 11.8. The fourth-order valence-electron chi connectivity index (χ4n) is 11.8. The molecule has 4 saturated heterocycles. The van der Waals surface area contributed by atoms with Crippen molar-refractivity contribution in [3.8, 4) is 23.1 Å². The number of aromatic nitrogens is 4. The van der Waals surface area contributed by atoms with Gasteiger partial charge in [-0.05, 0) is 149 Å². The molecule has 350 valence electrons. The standard InChI is InChI=1S/C52H64N12O3/c1-2-37-33-64(50-43(37)27-41(30-56-50)63-23-15-48(66)57-51(63)67)40-11-16-52(17-12-40)18-24-60(25-19-52)31-35-13-21-61(22-14-35)45-26-36(9-10-38(45)29-53)32-62(34-39-6-5-20-55-39)46-28-44(58-59-49(46)54)42-7-3-4-8-47(42)65/h3-4,7-10,26-28,30,33,35,39-40,55,65H,2,5-6,11-25,31-32,34H2,1H3,(H2,54,59)(H,57,66,67). The first-order valence-corrected chi connectivity index (χ1v) is 24.7. The molecule has 15 nitrogen and oxygen atoms in total. The highest BCUT2D eigenvalue weighted by molar-refractivity contribution is 6.06. The number of hydrogen-bond donors (Lipinski definition) is 4. The molecule has 5 fully saturated rings. The first-order valence-electron chi connectivity index (χ1n) is 24.7. The minimum atomic E-state index is -0.377. The number of benzene rings is 2. The van der Waals surface area contributed by atoms with Gasteiger partial charge < -0.3 is 35.4 Å². The van der Waals surface area contributed by atoms with Crippen LogP contribution in [0.15, 0.2) is 67.0 Å². The van der Waals surface area contributed by atoms with Crippen LogP contribution in [0.1, 0.15) is 100 Å². The first-order chi connectivity index (χ1) is 32.7. The number of nitrogens with one attached hydrogen (secondary N) is 2. The van der Waals surface area contributed by atoms with Crippen LogP contribution in [-0.2, 0) is 17.8 Å². The van der Waals surface area contributed by atoms with Gasteiger partial charge in [0, 0.05) is 74.9 Å². The Labute approximate surface area is 393 Å². The molecule has 10 rings (SSSR count). The van der Waals surface area contributed by atoms with Crippen LogP contribution in [-0.4, -0.2) is 100 Å². The molecule has 0 bridgehead atoms. The van der Waals surface area contributed by atoms with E-state index in [4.69, 9.17) is 10.7 Å². The molecule has 7 heterocycles. The second-order valence-electron chi connectivity index (χ2n) is 19.9. The number of amides is 3. The van der Waals surface area contributed by atoms with E-state index in [1.165, 1.54) is 31.2 Å². The van der Waals surface area contributed by atoms with E-state index < -0.39 is 0 Å². The Morgan fingerprint density at radius 3 is 2.49 bits per heavy atom. The Bertz CT molecular complexity index is 2640. The quantitative estimate of drug-likeness (QED) is 0.0967. The van der Waals surface area contributed by atoms with Gasteiger partial charge in [-0.15, -0.1) is 10.2 Å². The van der Waals surface area contributed by atoms with E-state index in [2.05, 4.69) is 77.5 Å². The van der Waals surface area contributed by atoms with Crippen LogP contribution < -0.4 is 31.1 Å². The van der Waals surface area contributed by atoms with E-state index in [1.807, 2.05) is 24.3 Å². The average molecular weight is 905 g/mol. The SMILES string of the molecule is CCc1cn(C2CCC3(CC2)CCN(CC2CCN(c4cc(CN(CC5CCCN5)c5cc(-c6ccccc6O)nnc5N)ccc4C#N)CC2)CC3)c2ncc(N3CCC(=O)NC3=O)cc12. The van der Waals surface area contributed by atoms with Crippen molar-refractivity contribution in [2.24, 2.45) is 11.3 Å². The summed E-state index contributed by atoms with van der Waals surface area (Å²) in [5.41, 5.74) is 14.7. The Kier molecular flexibility index (Phi) is 12.8. The number of likely N-dealkylation sites (tertiary alicyclic amines) is 1. The molecule has 4 aliphatic heterocycles. The molecule has 0 radical (unpaired) electrons. The predicted molar refractivity (Wildman–Crippen MR) is 262 cm³/mol. The van der Waals surface area contributed by atoms with Gasteiger partial charge in [0.05, 0.1) is 34.5 Å². The molecular formula is C52H64N12O3. The summed E-state index contributed by atoms with van der Waals surface area (Å²) in [5, 5.41) is 36.8. The smallest absolute Gasteiger partial charge is 0.328 e. The number of urea groups is 1. The van der Waals surface area contributed by atoms with Crippen molar-refractivity contribution < 1.29 is 14.7 Å². The zero-order valence-corrected chi connectivity index (χ0v) is 38.8. The molecule has 15 heteroatoms. The lowest BCUT2D eigenvalue weighted by Crippen LogP contribution is -2.49. The highest BCUT2D eigenvalue weighted by atomic mass is 16.3. The van der Waals surface area contributed by atoms with E-state index in [0.717, 1.165) is 124 Å². The lowest BCUT2D eigenvalue weighted by atomic mass is 9.67. The Balaban J connectivity index is 0.742. The maximum absolute atomic E-state index is 12.6. The number of carbonyl (C=O) groups is 2. The van der Waals surface area contributed by atoms with Crippen LogP contribution in [0.5, 0.6) is 5.75 Å². The van der Waals surface area contributed by atoms with Gasteiger partial charge in [-0.25, -0.2) is 9.78 Å². The largest absolute Gasteiger partial charge is 0.507 e. The number of phenolic OH excluding ortho intramolecular Hbond substituents is 1. The number of pyridine rings is 1. The number of imide groups is 1. The van der Waals surface area contributed by atoms with Gasteiger partial charge in [0.1, 0.15) is 17.5 Å². The van der Waals surface area contributed by atoms with Crippen LogP contribution >= 0.6 is 0 Å². The number of nitrogens with zero attached hydrogens (tertiary/aromatic N) is 9. The number of para-hydroxylation sites is 1. The van der Waals surface area contributed by atoms with Crippen LogP contribution in [0.25, 0.3) is 22.3 Å². The number of fused-ring (bicyclic) bond motifs is 1. The van der Waals surface area contributed by atoms with Crippen LogP contribution in [0.3, 0.4) is 0 Å². The van der Waals surface area contributed by atoms with E-state index >= 15 is 0 Å². The van der Waals surface area contributed by atoms with Crippen molar-refractivity contribution in [3.05, 3.63) is 83.7 Å². The van der Waals surface area contributed by atoms with Gasteiger partial charge in [-0.2, -0.15) is 5.26 Å². The highest BCUT2D eigenvalue weighted by Gasteiger charge is 2.39. The summed E-state index contributed by atoms with van der Waals surface area (Å²) in [7, 11) is 0. The maximum Gasteiger partial charge on any atom is 0.328 e. The summed E-state index contributed by atoms with van der Waals surface area (Å²) in [5.74, 6) is 0.900. The second-order valence-corrected chi connectivity index (χ2v) is 19.9. The van der Waals surface area contributed by atoms with Crippen LogP contribution in [0, 0.1) is 22.7 Å². The number of phenols is 1. The van der Waals surface area contributed by atoms with Gasteiger partial charge in [0.2, 0.25) is 5.91 Å². The lowest BCUT2D eigenvalue weighted by molar-refractivity contribution is -0.120. The summed E-state index contributed by atoms with van der Waals surface area (Å²) in [6.07, 6.45) is 17.0. The third-order valence-corrected chi connectivity index (χ3v) is 15.8. The topological polar surface area (TPSA) is 185 Å². The number of anilines is 4.